The SMILES string of the molecule is Cc1ccc(C(NC(=O)Cc2ccc3oc(C(c4ccncc4C)N4CC(NC(=O)O)C4)cc3c2)c2ccccc2)c(C)c1. The summed E-state index contributed by atoms with van der Waals surface area (Å²) < 4.78 is 6.38. The first-order valence-electron chi connectivity index (χ1n) is 14.8. The molecular weight excluding hydrogens is 552 g/mol. The highest BCUT2D eigenvalue weighted by molar-refractivity contribution is 5.83. The number of amides is 2. The lowest BCUT2D eigenvalue weighted by Crippen LogP contribution is -2.59. The molecule has 0 saturated carbocycles. The number of carbonyl (C=O) groups is 2. The smallest absolute Gasteiger partial charge is 0.404 e. The quantitative estimate of drug-likeness (QED) is 0.188. The number of nitrogens with one attached hydrogen (secondary N) is 2. The molecule has 2 unspecified atom stereocenters. The number of aromatic nitrogens is 1. The second-order valence-corrected chi connectivity index (χ2v) is 11.7. The summed E-state index contributed by atoms with van der Waals surface area (Å²) >= 11 is 0. The number of hydrogen-bond donors (Lipinski definition) is 3. The van der Waals surface area contributed by atoms with Crippen LogP contribution < -0.4 is 10.6 Å². The van der Waals surface area contributed by atoms with Crippen molar-refractivity contribution in [3.05, 3.63) is 136 Å². The molecule has 1 fully saturated rings. The minimum absolute atomic E-state index is 0.0651. The van der Waals surface area contributed by atoms with Crippen LogP contribution in [-0.4, -0.2) is 46.1 Å². The second kappa shape index (κ2) is 12.3. The van der Waals surface area contributed by atoms with Crippen molar-refractivity contribution in [3.63, 3.8) is 0 Å². The molecule has 3 N–H and O–H groups in total. The summed E-state index contributed by atoms with van der Waals surface area (Å²) in [7, 11) is 0. The van der Waals surface area contributed by atoms with Crippen LogP contribution in [0, 0.1) is 20.8 Å². The number of carboxylic acid groups (broad SMARTS) is 1. The molecule has 0 aliphatic carbocycles. The number of pyridine rings is 1. The van der Waals surface area contributed by atoms with Crippen LogP contribution in [0.3, 0.4) is 0 Å². The predicted octanol–water partition coefficient (Wildman–Crippen LogP) is 6.24. The topological polar surface area (TPSA) is 108 Å². The van der Waals surface area contributed by atoms with E-state index in [0.29, 0.717) is 13.1 Å². The number of rotatable bonds is 9. The van der Waals surface area contributed by atoms with Gasteiger partial charge in [-0.1, -0.05) is 60.2 Å². The first-order valence-corrected chi connectivity index (χ1v) is 14.8. The van der Waals surface area contributed by atoms with E-state index in [0.717, 1.165) is 50.1 Å². The second-order valence-electron chi connectivity index (χ2n) is 11.7. The minimum Gasteiger partial charge on any atom is -0.465 e. The highest BCUT2D eigenvalue weighted by Gasteiger charge is 2.37. The third-order valence-electron chi connectivity index (χ3n) is 8.37. The molecule has 0 spiro atoms. The largest absolute Gasteiger partial charge is 0.465 e. The molecule has 224 valence electrons. The Hall–Kier alpha value is -4.95. The summed E-state index contributed by atoms with van der Waals surface area (Å²) in [5.41, 5.74) is 8.15. The Balaban J connectivity index is 1.24. The number of likely N-dealkylation sites (tertiary alicyclic amines) is 1. The van der Waals surface area contributed by atoms with Gasteiger partial charge in [0.1, 0.15) is 11.3 Å². The van der Waals surface area contributed by atoms with Crippen LogP contribution in [0.2, 0.25) is 0 Å². The van der Waals surface area contributed by atoms with Crippen LogP contribution in [0.25, 0.3) is 11.0 Å². The van der Waals surface area contributed by atoms with E-state index in [9.17, 15) is 9.59 Å². The average Bonchev–Trinajstić information content (AvgIpc) is 3.39. The lowest BCUT2D eigenvalue weighted by atomic mass is 9.93. The molecule has 3 aromatic carbocycles. The fourth-order valence-corrected chi connectivity index (χ4v) is 6.20. The maximum absolute atomic E-state index is 13.5. The van der Waals surface area contributed by atoms with Crippen molar-refractivity contribution in [2.75, 3.05) is 13.1 Å². The zero-order valence-corrected chi connectivity index (χ0v) is 25.1. The summed E-state index contributed by atoms with van der Waals surface area (Å²) in [4.78, 5) is 31.1. The maximum Gasteiger partial charge on any atom is 0.404 e. The average molecular weight is 589 g/mol. The molecule has 1 saturated heterocycles. The van der Waals surface area contributed by atoms with Crippen molar-refractivity contribution in [1.29, 1.82) is 0 Å². The summed E-state index contributed by atoms with van der Waals surface area (Å²) in [5, 5.41) is 15.9. The molecule has 3 heterocycles. The van der Waals surface area contributed by atoms with Gasteiger partial charge >= 0.3 is 6.09 Å². The predicted molar refractivity (Wildman–Crippen MR) is 170 cm³/mol. The van der Waals surface area contributed by atoms with Crippen LogP contribution in [0.1, 0.15) is 56.8 Å². The van der Waals surface area contributed by atoms with Crippen LogP contribution in [0.15, 0.2) is 95.7 Å². The van der Waals surface area contributed by atoms with Crippen LogP contribution in [0.4, 0.5) is 4.79 Å². The molecule has 1 aliphatic heterocycles. The van der Waals surface area contributed by atoms with E-state index >= 15 is 0 Å². The van der Waals surface area contributed by atoms with Gasteiger partial charge in [-0.05, 0) is 78.4 Å². The fraction of sp³-hybridized carbons (Fsp3) is 0.250. The lowest BCUT2D eigenvalue weighted by Gasteiger charge is -2.43. The van der Waals surface area contributed by atoms with Crippen LogP contribution >= 0.6 is 0 Å². The Bertz CT molecular complexity index is 1810. The highest BCUT2D eigenvalue weighted by atomic mass is 16.4. The normalized spacial score (nSPS) is 15.0. The summed E-state index contributed by atoms with van der Waals surface area (Å²) in [6.07, 6.45) is 2.81. The fourth-order valence-electron chi connectivity index (χ4n) is 6.20. The summed E-state index contributed by atoms with van der Waals surface area (Å²) in [6, 6.07) is 25.7. The molecule has 5 aromatic rings. The standard InChI is InChI=1S/C36H36N4O4/c1-22-9-11-29(23(2)15-22)34(26-7-5-4-6-8-26)39-33(41)17-25-10-12-31-27(16-25)18-32(44-31)35(30-13-14-37-19-24(30)3)40-20-28(21-40)38-36(42)43/h4-16,18-19,28,34-35,38H,17,20-21H2,1-3H3,(H,39,41)(H,42,43). The molecule has 0 bridgehead atoms. The van der Waals surface area contributed by atoms with Crippen molar-refractivity contribution in [1.82, 2.24) is 20.5 Å². The Labute approximate surface area is 256 Å². The first-order chi connectivity index (χ1) is 21.2. The zero-order valence-electron chi connectivity index (χ0n) is 25.1. The molecule has 8 nitrogen and oxygen atoms in total. The monoisotopic (exact) mass is 588 g/mol. The summed E-state index contributed by atoms with van der Waals surface area (Å²) in [6.45, 7) is 7.32. The molecular formula is C36H36N4O4. The Morgan fingerprint density at radius 3 is 2.48 bits per heavy atom. The van der Waals surface area contributed by atoms with Gasteiger partial charge in [-0.25, -0.2) is 4.79 Å². The van der Waals surface area contributed by atoms with Gasteiger partial charge in [0.2, 0.25) is 5.91 Å². The number of carbonyl (C=O) groups excluding carboxylic acids is 1. The number of furan rings is 1. The molecule has 0 radical (unpaired) electrons. The highest BCUT2D eigenvalue weighted by Crippen LogP contribution is 2.37. The van der Waals surface area contributed by atoms with Gasteiger partial charge in [0.25, 0.3) is 0 Å². The van der Waals surface area contributed by atoms with E-state index in [1.54, 1.807) is 6.20 Å². The van der Waals surface area contributed by atoms with Gasteiger partial charge in [0, 0.05) is 30.9 Å². The molecule has 1 aliphatic rings. The Morgan fingerprint density at radius 2 is 1.75 bits per heavy atom. The number of benzene rings is 3. The molecule has 2 aromatic heterocycles. The van der Waals surface area contributed by atoms with Gasteiger partial charge in [0.05, 0.1) is 24.5 Å². The maximum atomic E-state index is 13.5. The van der Waals surface area contributed by atoms with Gasteiger partial charge in [-0.2, -0.15) is 0 Å². The third kappa shape index (κ3) is 6.21. The van der Waals surface area contributed by atoms with E-state index in [4.69, 9.17) is 9.52 Å². The van der Waals surface area contributed by atoms with E-state index in [-0.39, 0.29) is 30.5 Å². The number of hydrogen-bond acceptors (Lipinski definition) is 5. The van der Waals surface area contributed by atoms with Crippen LogP contribution in [0.5, 0.6) is 0 Å². The Kier molecular flexibility index (Phi) is 8.17. The van der Waals surface area contributed by atoms with Gasteiger partial charge < -0.3 is 20.2 Å². The Morgan fingerprint density at radius 1 is 0.955 bits per heavy atom. The summed E-state index contributed by atoms with van der Waals surface area (Å²) in [5.74, 6) is 0.702. The number of nitrogens with zero attached hydrogens (tertiary/aromatic N) is 2. The molecule has 44 heavy (non-hydrogen) atoms. The molecule has 2 amide bonds. The van der Waals surface area contributed by atoms with Crippen molar-refractivity contribution >= 4 is 23.0 Å². The van der Waals surface area contributed by atoms with E-state index < -0.39 is 6.09 Å². The lowest BCUT2D eigenvalue weighted by molar-refractivity contribution is -0.120. The number of fused-ring (bicyclic) bond motifs is 1. The van der Waals surface area contributed by atoms with Gasteiger partial charge in [-0.3, -0.25) is 14.7 Å². The van der Waals surface area contributed by atoms with Crippen molar-refractivity contribution in [2.45, 2.75) is 45.3 Å². The first kappa shape index (κ1) is 29.1. The third-order valence-corrected chi connectivity index (χ3v) is 8.37. The van der Waals surface area contributed by atoms with Crippen molar-refractivity contribution in [3.8, 4) is 0 Å². The van der Waals surface area contributed by atoms with Gasteiger partial charge in [0.15, 0.2) is 0 Å². The zero-order chi connectivity index (χ0) is 30.8. The van der Waals surface area contributed by atoms with Crippen molar-refractivity contribution in [2.24, 2.45) is 0 Å². The van der Waals surface area contributed by atoms with Crippen LogP contribution in [-0.2, 0) is 11.2 Å². The van der Waals surface area contributed by atoms with E-state index in [1.165, 1.54) is 5.56 Å². The number of aryl methyl sites for hydroxylation is 3. The van der Waals surface area contributed by atoms with E-state index in [1.807, 2.05) is 73.8 Å². The minimum atomic E-state index is -1.02. The van der Waals surface area contributed by atoms with Crippen molar-refractivity contribution < 1.29 is 19.1 Å². The molecule has 6 rings (SSSR count). The molecule has 8 heteroatoms. The van der Waals surface area contributed by atoms with Gasteiger partial charge in [-0.15, -0.1) is 0 Å². The van der Waals surface area contributed by atoms with E-state index in [2.05, 4.69) is 52.6 Å². The molecule has 2 atom stereocenters.